The van der Waals surface area contributed by atoms with Gasteiger partial charge < -0.3 is 4.74 Å². The fraction of sp³-hybridized carbons (Fsp3) is 0.696. The molecule has 0 aromatic heterocycles. The number of nitrogens with zero attached hydrogens (tertiary/aromatic N) is 1. The topological polar surface area (TPSA) is 21.6 Å². The van der Waals surface area contributed by atoms with Crippen molar-refractivity contribution in [3.63, 3.8) is 0 Å². The molecule has 2 aliphatic carbocycles. The zero-order valence-corrected chi connectivity index (χ0v) is 17.3. The van der Waals surface area contributed by atoms with Gasteiger partial charge in [0.05, 0.1) is 11.8 Å². The normalized spacial score (nSPS) is 28.4. The number of hydrogen-bond acceptors (Lipinski definition) is 3. The van der Waals surface area contributed by atoms with Gasteiger partial charge in [-0.15, -0.1) is 0 Å². The van der Waals surface area contributed by atoms with Gasteiger partial charge in [0.1, 0.15) is 11.4 Å². The first-order valence-electron chi connectivity index (χ1n) is 10.7. The number of ether oxygens (including phenoxy) is 1. The van der Waals surface area contributed by atoms with Crippen molar-refractivity contribution < 1.29 is 9.13 Å². The van der Waals surface area contributed by atoms with Crippen molar-refractivity contribution in [2.24, 2.45) is 28.7 Å². The van der Waals surface area contributed by atoms with Gasteiger partial charge in [-0.1, -0.05) is 32.6 Å². The van der Waals surface area contributed by atoms with E-state index in [1.54, 1.807) is 12.1 Å². The molecule has 0 aliphatic heterocycles. The van der Waals surface area contributed by atoms with Crippen molar-refractivity contribution in [1.29, 1.82) is 0 Å². The molecule has 1 aromatic carbocycles. The molecule has 3 rings (SSSR count). The lowest BCUT2D eigenvalue weighted by Gasteiger charge is -2.37. The average Bonchev–Trinajstić information content (AvgIpc) is 2.70. The minimum atomic E-state index is -0.410. The molecule has 148 valence electrons. The maximum atomic E-state index is 13.9. The third-order valence-corrected chi connectivity index (χ3v) is 6.81. The van der Waals surface area contributed by atoms with Crippen molar-refractivity contribution in [1.82, 2.24) is 0 Å². The standard InChI is InChI=1S/C23H32FNOS/c1-2-3-17-4-8-19(9-5-17)20-10-6-18(7-11-20)15-26-21-12-13-23(25-16-27)22(24)14-21/h12-14,17-20H,2-11,15H2,1H3. The van der Waals surface area contributed by atoms with Crippen LogP contribution in [0.4, 0.5) is 10.1 Å². The van der Waals surface area contributed by atoms with Crippen molar-refractivity contribution in [2.75, 3.05) is 6.61 Å². The Morgan fingerprint density at radius 1 is 1.04 bits per heavy atom. The molecule has 27 heavy (non-hydrogen) atoms. The highest BCUT2D eigenvalue weighted by Gasteiger charge is 2.30. The monoisotopic (exact) mass is 389 g/mol. The number of halogens is 1. The first-order chi connectivity index (χ1) is 13.2. The van der Waals surface area contributed by atoms with E-state index in [0.717, 1.165) is 17.8 Å². The molecule has 2 saturated carbocycles. The minimum absolute atomic E-state index is 0.214. The van der Waals surface area contributed by atoms with Crippen LogP contribution in [0.3, 0.4) is 0 Å². The maximum absolute atomic E-state index is 13.9. The lowest BCUT2D eigenvalue weighted by molar-refractivity contribution is 0.122. The fourth-order valence-electron chi connectivity index (χ4n) is 5.11. The van der Waals surface area contributed by atoms with Gasteiger partial charge in [-0.25, -0.2) is 4.39 Å². The Morgan fingerprint density at radius 3 is 2.22 bits per heavy atom. The molecule has 0 amide bonds. The molecule has 4 heteroatoms. The second-order valence-corrected chi connectivity index (χ2v) is 8.66. The van der Waals surface area contributed by atoms with Crippen LogP contribution in [0.5, 0.6) is 5.75 Å². The Hall–Kier alpha value is -1.25. The van der Waals surface area contributed by atoms with Crippen LogP contribution in [0.15, 0.2) is 23.2 Å². The van der Waals surface area contributed by atoms with Crippen molar-refractivity contribution in [3.8, 4) is 5.75 Å². The summed E-state index contributed by atoms with van der Waals surface area (Å²) >= 11 is 4.52. The van der Waals surface area contributed by atoms with Gasteiger partial charge in [0, 0.05) is 6.07 Å². The van der Waals surface area contributed by atoms with E-state index >= 15 is 0 Å². The van der Waals surface area contributed by atoms with Crippen LogP contribution in [-0.4, -0.2) is 11.8 Å². The molecule has 2 nitrogen and oxygen atoms in total. The smallest absolute Gasteiger partial charge is 0.153 e. The third-order valence-electron chi connectivity index (χ3n) is 6.72. The lowest BCUT2D eigenvalue weighted by atomic mass is 9.69. The van der Waals surface area contributed by atoms with Gasteiger partial charge in [-0.3, -0.25) is 0 Å². The summed E-state index contributed by atoms with van der Waals surface area (Å²) in [6.07, 6.45) is 13.8. The quantitative estimate of drug-likeness (QED) is 0.359. The summed E-state index contributed by atoms with van der Waals surface area (Å²) in [5, 5.41) is 2.20. The summed E-state index contributed by atoms with van der Waals surface area (Å²) in [6, 6.07) is 4.75. The molecule has 0 saturated heterocycles. The first kappa shape index (κ1) is 20.5. The van der Waals surface area contributed by atoms with Gasteiger partial charge in [-0.05, 0) is 86.5 Å². The predicted octanol–water partition coefficient (Wildman–Crippen LogP) is 7.35. The highest BCUT2D eigenvalue weighted by atomic mass is 32.1. The van der Waals surface area contributed by atoms with Crippen molar-refractivity contribution >= 4 is 23.1 Å². The predicted molar refractivity (Wildman–Crippen MR) is 112 cm³/mol. The van der Waals surface area contributed by atoms with Crippen molar-refractivity contribution in [2.45, 2.75) is 71.1 Å². The molecule has 1 aromatic rings. The SMILES string of the molecule is CCCC1CCC(C2CCC(COc3ccc(N=C=S)c(F)c3)CC2)CC1. The second kappa shape index (κ2) is 10.3. The highest BCUT2D eigenvalue weighted by molar-refractivity contribution is 7.78. The zero-order chi connectivity index (χ0) is 19.1. The number of hydrogen-bond donors (Lipinski definition) is 0. The van der Waals surface area contributed by atoms with Gasteiger partial charge in [0.15, 0.2) is 5.82 Å². The second-order valence-electron chi connectivity index (χ2n) is 8.48. The van der Waals surface area contributed by atoms with Gasteiger partial charge in [0.2, 0.25) is 0 Å². The Morgan fingerprint density at radius 2 is 1.67 bits per heavy atom. The molecule has 2 fully saturated rings. The zero-order valence-electron chi connectivity index (χ0n) is 16.5. The molecule has 0 heterocycles. The van der Waals surface area contributed by atoms with Crippen molar-refractivity contribution in [3.05, 3.63) is 24.0 Å². The van der Waals surface area contributed by atoms with Gasteiger partial charge >= 0.3 is 0 Å². The van der Waals surface area contributed by atoms with E-state index in [1.165, 1.54) is 70.3 Å². The summed E-state index contributed by atoms with van der Waals surface area (Å²) in [7, 11) is 0. The van der Waals surface area contributed by atoms with E-state index in [4.69, 9.17) is 4.74 Å². The van der Waals surface area contributed by atoms with Crippen LogP contribution >= 0.6 is 12.2 Å². The molecular weight excluding hydrogens is 357 g/mol. The van der Waals surface area contributed by atoms with Crippen LogP contribution in [0.2, 0.25) is 0 Å². The minimum Gasteiger partial charge on any atom is -0.493 e. The largest absolute Gasteiger partial charge is 0.493 e. The first-order valence-corrected chi connectivity index (χ1v) is 11.1. The van der Waals surface area contributed by atoms with E-state index < -0.39 is 5.82 Å². The number of isothiocyanates is 1. The van der Waals surface area contributed by atoms with Crippen LogP contribution in [0, 0.1) is 29.5 Å². The van der Waals surface area contributed by atoms with E-state index in [1.807, 2.05) is 0 Å². The number of aliphatic imine (C=N–C) groups is 1. The molecule has 2 aliphatic rings. The molecule has 0 bridgehead atoms. The van der Waals surface area contributed by atoms with E-state index in [-0.39, 0.29) is 5.69 Å². The van der Waals surface area contributed by atoms with E-state index in [2.05, 4.69) is 29.3 Å². The summed E-state index contributed by atoms with van der Waals surface area (Å²) in [5.74, 6) is 3.65. The number of thiocarbonyl (C=S) groups is 1. The highest BCUT2D eigenvalue weighted by Crippen LogP contribution is 2.42. The van der Waals surface area contributed by atoms with Crippen LogP contribution in [0.25, 0.3) is 0 Å². The third kappa shape index (κ3) is 5.86. The molecule has 0 N–H and O–H groups in total. The number of benzene rings is 1. The average molecular weight is 390 g/mol. The van der Waals surface area contributed by atoms with Crippen LogP contribution in [0.1, 0.15) is 71.1 Å². The van der Waals surface area contributed by atoms with Gasteiger partial charge in [-0.2, -0.15) is 4.99 Å². The maximum Gasteiger partial charge on any atom is 0.153 e. The van der Waals surface area contributed by atoms with E-state index in [0.29, 0.717) is 18.3 Å². The fourth-order valence-corrected chi connectivity index (χ4v) is 5.21. The number of rotatable bonds is 7. The molecule has 0 unspecified atom stereocenters. The summed E-state index contributed by atoms with van der Waals surface area (Å²) in [5.41, 5.74) is 0.214. The van der Waals surface area contributed by atoms with E-state index in [9.17, 15) is 4.39 Å². The summed E-state index contributed by atoms with van der Waals surface area (Å²) in [4.78, 5) is 3.70. The Balaban J connectivity index is 1.40. The Labute approximate surface area is 168 Å². The summed E-state index contributed by atoms with van der Waals surface area (Å²) in [6.45, 7) is 3.00. The molecular formula is C23H32FNOS. The van der Waals surface area contributed by atoms with Gasteiger partial charge in [0.25, 0.3) is 0 Å². The molecule has 0 spiro atoms. The van der Waals surface area contributed by atoms with Crippen LogP contribution < -0.4 is 4.74 Å². The summed E-state index contributed by atoms with van der Waals surface area (Å²) < 4.78 is 19.7. The molecule has 0 radical (unpaired) electrons. The lowest BCUT2D eigenvalue weighted by Crippen LogP contribution is -2.27. The Bertz CT molecular complexity index is 642. The van der Waals surface area contributed by atoms with Crippen LogP contribution in [-0.2, 0) is 0 Å². The Kier molecular flexibility index (Phi) is 7.84. The molecule has 0 atom stereocenters.